The summed E-state index contributed by atoms with van der Waals surface area (Å²) in [6.45, 7) is 7.56. The molecule has 0 bridgehead atoms. The molecule has 0 radical (unpaired) electrons. The monoisotopic (exact) mass is 433 g/mol. The number of aromatic nitrogens is 2. The van der Waals surface area contributed by atoms with Gasteiger partial charge in [-0.2, -0.15) is 0 Å². The van der Waals surface area contributed by atoms with E-state index in [2.05, 4.69) is 11.9 Å². The Bertz CT molecular complexity index is 790. The third kappa shape index (κ3) is 4.43. The highest BCUT2D eigenvalue weighted by Gasteiger charge is 2.44. The lowest BCUT2D eigenvalue weighted by molar-refractivity contribution is -0.120. The van der Waals surface area contributed by atoms with E-state index in [0.717, 1.165) is 17.2 Å². The third-order valence-corrected chi connectivity index (χ3v) is 8.12. The molecule has 0 saturated carbocycles. The Labute approximate surface area is 182 Å². The van der Waals surface area contributed by atoms with Crippen molar-refractivity contribution in [3.63, 3.8) is 0 Å². The molecule has 0 saturated heterocycles. The Kier molecular flexibility index (Phi) is 7.32. The van der Waals surface area contributed by atoms with Crippen molar-refractivity contribution in [3.8, 4) is 0 Å². The summed E-state index contributed by atoms with van der Waals surface area (Å²) in [7, 11) is 0. The fraction of sp³-hybridized carbons (Fsp3) is 0.682. The Morgan fingerprint density at radius 2 is 2.00 bits per heavy atom. The van der Waals surface area contributed by atoms with Crippen LogP contribution < -0.4 is 0 Å². The molecule has 3 heterocycles. The molecule has 7 heteroatoms. The Balaban J connectivity index is 1.57. The van der Waals surface area contributed by atoms with Gasteiger partial charge in [0, 0.05) is 18.9 Å². The molecule has 0 spiro atoms. The SMILES string of the molecule is CCCCC1=N[C@@H]2Sc3c(SCC(OCC)OCC)ncnc3[C@@H]2C2=C1CCC2. The highest BCUT2D eigenvalue weighted by atomic mass is 32.2. The van der Waals surface area contributed by atoms with Gasteiger partial charge in [-0.05, 0) is 51.5 Å². The van der Waals surface area contributed by atoms with Gasteiger partial charge >= 0.3 is 0 Å². The molecule has 158 valence electrons. The fourth-order valence-corrected chi connectivity index (χ4v) is 6.93. The quantitative estimate of drug-likeness (QED) is 0.272. The fourth-order valence-electron chi connectivity index (χ4n) is 4.46. The van der Waals surface area contributed by atoms with Gasteiger partial charge in [0.1, 0.15) is 16.7 Å². The highest BCUT2D eigenvalue weighted by Crippen LogP contribution is 2.56. The van der Waals surface area contributed by atoms with Gasteiger partial charge in [-0.3, -0.25) is 4.99 Å². The zero-order valence-electron chi connectivity index (χ0n) is 17.6. The van der Waals surface area contributed by atoms with Gasteiger partial charge in [-0.25, -0.2) is 9.97 Å². The van der Waals surface area contributed by atoms with E-state index in [1.165, 1.54) is 48.4 Å². The van der Waals surface area contributed by atoms with Gasteiger partial charge in [0.25, 0.3) is 0 Å². The van der Waals surface area contributed by atoms with E-state index in [-0.39, 0.29) is 11.7 Å². The summed E-state index contributed by atoms with van der Waals surface area (Å²) in [5, 5.41) is 1.28. The summed E-state index contributed by atoms with van der Waals surface area (Å²) >= 11 is 3.57. The summed E-state index contributed by atoms with van der Waals surface area (Å²) in [5.41, 5.74) is 5.72. The average Bonchev–Trinajstić information content (AvgIpc) is 3.35. The molecule has 0 fully saturated rings. The second-order valence-electron chi connectivity index (χ2n) is 7.57. The lowest BCUT2D eigenvalue weighted by atomic mass is 9.87. The number of hydrogen-bond donors (Lipinski definition) is 0. The van der Waals surface area contributed by atoms with Crippen molar-refractivity contribution < 1.29 is 9.47 Å². The Hall–Kier alpha value is -0.890. The van der Waals surface area contributed by atoms with Crippen LogP contribution in [0.2, 0.25) is 0 Å². The maximum absolute atomic E-state index is 5.70. The van der Waals surface area contributed by atoms with Gasteiger partial charge in [0.05, 0.1) is 22.3 Å². The van der Waals surface area contributed by atoms with Crippen molar-refractivity contribution in [2.24, 2.45) is 4.99 Å². The molecule has 1 aromatic heterocycles. The molecule has 4 rings (SSSR count). The zero-order valence-corrected chi connectivity index (χ0v) is 19.3. The van der Waals surface area contributed by atoms with E-state index in [4.69, 9.17) is 19.5 Å². The van der Waals surface area contributed by atoms with Gasteiger partial charge in [-0.1, -0.05) is 42.4 Å². The molecule has 0 N–H and O–H groups in total. The highest BCUT2D eigenvalue weighted by molar-refractivity contribution is 8.02. The second kappa shape index (κ2) is 9.94. The number of unbranched alkanes of at least 4 members (excludes halogenated alkanes) is 1. The molecule has 0 unspecified atom stereocenters. The number of allylic oxidation sites excluding steroid dienone is 1. The van der Waals surface area contributed by atoms with Gasteiger partial charge in [0.2, 0.25) is 0 Å². The third-order valence-electron chi connectivity index (χ3n) is 5.71. The molecule has 1 aromatic rings. The minimum Gasteiger partial charge on any atom is -0.352 e. The van der Waals surface area contributed by atoms with Crippen LogP contribution in [0.1, 0.15) is 70.9 Å². The summed E-state index contributed by atoms with van der Waals surface area (Å²) in [5.74, 6) is 1.08. The summed E-state index contributed by atoms with van der Waals surface area (Å²) in [4.78, 5) is 15.8. The second-order valence-corrected chi connectivity index (χ2v) is 9.70. The number of thioether (sulfide) groups is 2. The average molecular weight is 434 g/mol. The summed E-state index contributed by atoms with van der Waals surface area (Å²) < 4.78 is 11.4. The van der Waals surface area contributed by atoms with E-state index in [0.29, 0.717) is 19.1 Å². The smallest absolute Gasteiger partial charge is 0.166 e. The van der Waals surface area contributed by atoms with Gasteiger partial charge < -0.3 is 9.47 Å². The molecule has 2 atom stereocenters. The van der Waals surface area contributed by atoms with E-state index in [9.17, 15) is 0 Å². The van der Waals surface area contributed by atoms with E-state index < -0.39 is 0 Å². The van der Waals surface area contributed by atoms with Crippen molar-refractivity contribution >= 4 is 29.2 Å². The molecular formula is C22H31N3O2S2. The molecule has 1 aliphatic carbocycles. The minimum absolute atomic E-state index is 0.197. The normalized spacial score (nSPS) is 22.7. The largest absolute Gasteiger partial charge is 0.352 e. The lowest BCUT2D eigenvalue weighted by Gasteiger charge is -2.26. The lowest BCUT2D eigenvalue weighted by Crippen LogP contribution is -2.21. The molecule has 2 aliphatic heterocycles. The number of aliphatic imine (C=N–C) groups is 1. The van der Waals surface area contributed by atoms with E-state index in [1.807, 2.05) is 25.6 Å². The van der Waals surface area contributed by atoms with Crippen molar-refractivity contribution in [2.75, 3.05) is 19.0 Å². The number of fused-ring (bicyclic) bond motifs is 4. The molecule has 3 aliphatic rings. The predicted octanol–water partition coefficient (Wildman–Crippen LogP) is 5.61. The molecule has 5 nitrogen and oxygen atoms in total. The zero-order chi connectivity index (χ0) is 20.2. The molecule has 0 amide bonds. The van der Waals surface area contributed by atoms with Crippen LogP contribution in [0, 0.1) is 0 Å². The van der Waals surface area contributed by atoms with Crippen LogP contribution in [-0.4, -0.2) is 46.3 Å². The van der Waals surface area contributed by atoms with Crippen LogP contribution in [0.5, 0.6) is 0 Å². The molecule has 29 heavy (non-hydrogen) atoms. The maximum Gasteiger partial charge on any atom is 0.166 e. The maximum atomic E-state index is 5.70. The molecular weight excluding hydrogens is 402 g/mol. The van der Waals surface area contributed by atoms with Crippen molar-refractivity contribution in [1.29, 1.82) is 0 Å². The van der Waals surface area contributed by atoms with Crippen molar-refractivity contribution in [2.45, 2.75) is 86.8 Å². The van der Waals surface area contributed by atoms with Gasteiger partial charge in [-0.15, -0.1) is 0 Å². The Morgan fingerprint density at radius 3 is 2.76 bits per heavy atom. The first-order valence-corrected chi connectivity index (χ1v) is 12.8. The first-order chi connectivity index (χ1) is 14.3. The van der Waals surface area contributed by atoms with Crippen LogP contribution >= 0.6 is 23.5 Å². The van der Waals surface area contributed by atoms with Crippen molar-refractivity contribution in [1.82, 2.24) is 9.97 Å². The number of nitrogens with zero attached hydrogens (tertiary/aromatic N) is 3. The predicted molar refractivity (Wildman–Crippen MR) is 120 cm³/mol. The standard InChI is InChI=1S/C22H31N3O2S2/c1-4-7-11-16-14-9-8-10-15(14)18-19-20(29-21(18)25-16)22(24-13-23-19)28-12-17(26-5-2)27-6-3/h13,17-18,21H,4-12H2,1-3H3/t18-,21+/m0/s1. The summed E-state index contributed by atoms with van der Waals surface area (Å²) in [6.07, 6.45) is 8.74. The number of rotatable bonds is 10. The van der Waals surface area contributed by atoms with Crippen molar-refractivity contribution in [3.05, 3.63) is 23.2 Å². The van der Waals surface area contributed by atoms with Gasteiger partial charge in [0.15, 0.2) is 6.29 Å². The van der Waals surface area contributed by atoms with Crippen LogP contribution in [0.4, 0.5) is 0 Å². The van der Waals surface area contributed by atoms with Crippen LogP contribution in [0.3, 0.4) is 0 Å². The summed E-state index contributed by atoms with van der Waals surface area (Å²) in [6, 6.07) is 0. The first-order valence-electron chi connectivity index (χ1n) is 10.9. The molecule has 0 aromatic carbocycles. The van der Waals surface area contributed by atoms with Crippen LogP contribution in [0.15, 0.2) is 32.4 Å². The van der Waals surface area contributed by atoms with Crippen LogP contribution in [-0.2, 0) is 9.47 Å². The van der Waals surface area contributed by atoms with Crippen LogP contribution in [0.25, 0.3) is 0 Å². The number of ether oxygens (including phenoxy) is 2. The first kappa shape index (κ1) is 21.3. The Morgan fingerprint density at radius 1 is 1.17 bits per heavy atom. The minimum atomic E-state index is -0.197. The van der Waals surface area contributed by atoms with E-state index in [1.54, 1.807) is 29.2 Å². The number of hydrogen-bond acceptors (Lipinski definition) is 7. The topological polar surface area (TPSA) is 56.6 Å². The van der Waals surface area contributed by atoms with E-state index >= 15 is 0 Å². The number of dihydropyridines is 1.